The minimum absolute atomic E-state index is 1.09. The third-order valence-electron chi connectivity index (χ3n) is 3.50. The molecule has 2 heteroatoms. The molecule has 1 aromatic carbocycles. The Bertz CT molecular complexity index is 423. The molecular formula is C13H21OP. The smallest absolute Gasteiger partial charge is 0.110 e. The van der Waals surface area contributed by atoms with Gasteiger partial charge in [-0.1, -0.05) is 0 Å². The standard InChI is InChI=1S/C13H21OP/c1-8-9(2)11(4)13(15(6,7)14)12(5)10(8)3/h1-7H3. The Morgan fingerprint density at radius 2 is 0.933 bits per heavy atom. The van der Waals surface area contributed by atoms with Gasteiger partial charge in [-0.2, -0.15) is 0 Å². The molecule has 15 heavy (non-hydrogen) atoms. The molecule has 0 saturated carbocycles. The summed E-state index contributed by atoms with van der Waals surface area (Å²) in [6.07, 6.45) is 0. The highest BCUT2D eigenvalue weighted by Crippen LogP contribution is 2.39. The van der Waals surface area contributed by atoms with Crippen molar-refractivity contribution in [3.8, 4) is 0 Å². The molecule has 0 bridgehead atoms. The zero-order valence-electron chi connectivity index (χ0n) is 10.9. The second kappa shape index (κ2) is 3.79. The van der Waals surface area contributed by atoms with Crippen molar-refractivity contribution >= 4 is 12.4 Å². The van der Waals surface area contributed by atoms with E-state index in [1.165, 1.54) is 27.8 Å². The SMILES string of the molecule is Cc1c(C)c(C)c(P(C)(C)=O)c(C)c1C. The van der Waals surface area contributed by atoms with Crippen LogP contribution in [0.15, 0.2) is 0 Å². The zero-order valence-corrected chi connectivity index (χ0v) is 11.7. The first-order valence-electron chi connectivity index (χ1n) is 5.30. The first-order chi connectivity index (χ1) is 6.68. The molecule has 0 aliphatic carbocycles. The maximum absolute atomic E-state index is 12.3. The van der Waals surface area contributed by atoms with Crippen LogP contribution >= 0.6 is 7.14 Å². The van der Waals surface area contributed by atoms with E-state index >= 15 is 0 Å². The van der Waals surface area contributed by atoms with Gasteiger partial charge in [0.05, 0.1) is 0 Å². The van der Waals surface area contributed by atoms with Crippen LogP contribution in [0.3, 0.4) is 0 Å². The number of rotatable bonds is 1. The Hall–Kier alpha value is -0.550. The first kappa shape index (κ1) is 12.5. The van der Waals surface area contributed by atoms with Gasteiger partial charge in [-0.3, -0.25) is 0 Å². The number of hydrogen-bond acceptors (Lipinski definition) is 1. The lowest BCUT2D eigenvalue weighted by molar-refractivity contribution is 0.588. The van der Waals surface area contributed by atoms with Gasteiger partial charge in [-0.05, 0) is 75.8 Å². The van der Waals surface area contributed by atoms with E-state index in [2.05, 4.69) is 34.6 Å². The predicted octanol–water partition coefficient (Wildman–Crippen LogP) is 3.48. The molecule has 0 fully saturated rings. The van der Waals surface area contributed by atoms with E-state index in [-0.39, 0.29) is 0 Å². The summed E-state index contributed by atoms with van der Waals surface area (Å²) in [6, 6.07) is 0. The Morgan fingerprint density at radius 1 is 0.667 bits per heavy atom. The van der Waals surface area contributed by atoms with Gasteiger partial charge >= 0.3 is 0 Å². The quantitative estimate of drug-likeness (QED) is 0.667. The van der Waals surface area contributed by atoms with E-state index < -0.39 is 7.14 Å². The highest BCUT2D eigenvalue weighted by molar-refractivity contribution is 7.70. The summed E-state index contributed by atoms with van der Waals surface area (Å²) in [5.74, 6) is 0. The third-order valence-corrected chi connectivity index (χ3v) is 5.25. The molecule has 0 N–H and O–H groups in total. The van der Waals surface area contributed by atoms with Crippen LogP contribution in [-0.2, 0) is 4.57 Å². The Labute approximate surface area is 93.3 Å². The molecule has 0 atom stereocenters. The zero-order chi connectivity index (χ0) is 12.0. The van der Waals surface area contributed by atoms with Gasteiger partial charge in [0, 0.05) is 5.30 Å². The van der Waals surface area contributed by atoms with E-state index in [0.29, 0.717) is 0 Å². The molecule has 0 aliphatic rings. The fourth-order valence-electron chi connectivity index (χ4n) is 2.29. The van der Waals surface area contributed by atoms with Gasteiger partial charge in [0.25, 0.3) is 0 Å². The summed E-state index contributed by atoms with van der Waals surface area (Å²) in [5, 5.41) is 1.09. The van der Waals surface area contributed by atoms with Crippen molar-refractivity contribution in [2.24, 2.45) is 0 Å². The molecule has 0 aliphatic heterocycles. The molecule has 0 unspecified atom stereocenters. The maximum atomic E-state index is 12.3. The normalized spacial score (nSPS) is 11.9. The lowest BCUT2D eigenvalue weighted by atomic mass is 9.95. The molecule has 84 valence electrons. The van der Waals surface area contributed by atoms with Crippen molar-refractivity contribution < 1.29 is 4.57 Å². The van der Waals surface area contributed by atoms with E-state index in [4.69, 9.17) is 0 Å². The van der Waals surface area contributed by atoms with Crippen molar-refractivity contribution in [1.29, 1.82) is 0 Å². The van der Waals surface area contributed by atoms with E-state index in [9.17, 15) is 4.57 Å². The van der Waals surface area contributed by atoms with Crippen LogP contribution in [-0.4, -0.2) is 13.3 Å². The lowest BCUT2D eigenvalue weighted by Gasteiger charge is -2.21. The summed E-state index contributed by atoms with van der Waals surface area (Å²) in [7, 11) is -2.17. The summed E-state index contributed by atoms with van der Waals surface area (Å²) >= 11 is 0. The molecule has 1 aromatic rings. The monoisotopic (exact) mass is 224 g/mol. The Morgan fingerprint density at radius 3 is 1.20 bits per heavy atom. The summed E-state index contributed by atoms with van der Waals surface area (Å²) in [4.78, 5) is 0. The predicted molar refractivity (Wildman–Crippen MR) is 69.2 cm³/mol. The minimum Gasteiger partial charge on any atom is -0.319 e. The fourth-order valence-corrected chi connectivity index (χ4v) is 4.24. The van der Waals surface area contributed by atoms with Crippen LogP contribution in [0.5, 0.6) is 0 Å². The Balaban J connectivity index is 3.76. The largest absolute Gasteiger partial charge is 0.319 e. The topological polar surface area (TPSA) is 17.1 Å². The first-order valence-corrected chi connectivity index (χ1v) is 7.90. The van der Waals surface area contributed by atoms with Gasteiger partial charge in [0.15, 0.2) is 0 Å². The summed E-state index contributed by atoms with van der Waals surface area (Å²) in [6.45, 7) is 14.3. The highest BCUT2D eigenvalue weighted by Gasteiger charge is 2.21. The molecular weight excluding hydrogens is 203 g/mol. The van der Waals surface area contributed by atoms with Crippen LogP contribution in [0.2, 0.25) is 0 Å². The minimum atomic E-state index is -2.17. The van der Waals surface area contributed by atoms with Crippen molar-refractivity contribution in [2.75, 3.05) is 13.3 Å². The van der Waals surface area contributed by atoms with Crippen molar-refractivity contribution in [1.82, 2.24) is 0 Å². The van der Waals surface area contributed by atoms with Crippen LogP contribution in [0.1, 0.15) is 27.8 Å². The maximum Gasteiger partial charge on any atom is 0.110 e. The van der Waals surface area contributed by atoms with Gasteiger partial charge in [0.2, 0.25) is 0 Å². The summed E-state index contributed by atoms with van der Waals surface area (Å²) < 4.78 is 12.3. The number of hydrogen-bond donors (Lipinski definition) is 0. The molecule has 0 radical (unpaired) electrons. The Kier molecular flexibility index (Phi) is 3.16. The van der Waals surface area contributed by atoms with Crippen molar-refractivity contribution in [2.45, 2.75) is 34.6 Å². The van der Waals surface area contributed by atoms with Crippen LogP contribution < -0.4 is 5.30 Å². The fraction of sp³-hybridized carbons (Fsp3) is 0.538. The van der Waals surface area contributed by atoms with Gasteiger partial charge in [-0.25, -0.2) is 0 Å². The second-order valence-electron chi connectivity index (χ2n) is 4.82. The van der Waals surface area contributed by atoms with Crippen molar-refractivity contribution in [3.05, 3.63) is 27.8 Å². The van der Waals surface area contributed by atoms with Crippen LogP contribution in [0.25, 0.3) is 0 Å². The second-order valence-corrected chi connectivity index (χ2v) is 7.97. The average Bonchev–Trinajstić information content (AvgIpc) is 2.09. The van der Waals surface area contributed by atoms with Crippen LogP contribution in [0, 0.1) is 34.6 Å². The lowest BCUT2D eigenvalue weighted by Crippen LogP contribution is -2.16. The van der Waals surface area contributed by atoms with E-state index in [1.807, 2.05) is 13.3 Å². The molecule has 1 nitrogen and oxygen atoms in total. The highest BCUT2D eigenvalue weighted by atomic mass is 31.2. The molecule has 0 amide bonds. The van der Waals surface area contributed by atoms with Crippen LogP contribution in [0.4, 0.5) is 0 Å². The van der Waals surface area contributed by atoms with Gasteiger partial charge < -0.3 is 4.57 Å². The molecule has 1 rings (SSSR count). The number of benzene rings is 1. The van der Waals surface area contributed by atoms with E-state index in [0.717, 1.165) is 5.30 Å². The molecule has 0 aromatic heterocycles. The van der Waals surface area contributed by atoms with Gasteiger partial charge in [0.1, 0.15) is 7.14 Å². The van der Waals surface area contributed by atoms with E-state index in [1.54, 1.807) is 0 Å². The molecule has 0 heterocycles. The van der Waals surface area contributed by atoms with Gasteiger partial charge in [-0.15, -0.1) is 0 Å². The summed E-state index contributed by atoms with van der Waals surface area (Å²) in [5.41, 5.74) is 6.34. The van der Waals surface area contributed by atoms with Crippen molar-refractivity contribution in [3.63, 3.8) is 0 Å². The molecule has 0 saturated heterocycles. The average molecular weight is 224 g/mol. The molecule has 0 spiro atoms. The third kappa shape index (κ3) is 2.03.